The number of rotatable bonds is 5. The summed E-state index contributed by atoms with van der Waals surface area (Å²) in [5, 5.41) is 14.7. The van der Waals surface area contributed by atoms with Crippen molar-refractivity contribution in [2.24, 2.45) is 5.10 Å². The number of hydrogen-bond acceptors (Lipinski definition) is 5. The highest BCUT2D eigenvalue weighted by Crippen LogP contribution is 2.34. The molecule has 0 aliphatic carbocycles. The summed E-state index contributed by atoms with van der Waals surface area (Å²) in [6.45, 7) is 6.04. The zero-order valence-electron chi connectivity index (χ0n) is 19.7. The summed E-state index contributed by atoms with van der Waals surface area (Å²) in [7, 11) is 0. The molecule has 1 heterocycles. The van der Waals surface area contributed by atoms with E-state index < -0.39 is 5.41 Å². The molecule has 4 rings (SSSR count). The van der Waals surface area contributed by atoms with Gasteiger partial charge < -0.3 is 4.74 Å². The topological polar surface area (TPSA) is 80.3 Å². The van der Waals surface area contributed by atoms with Crippen LogP contribution in [0.1, 0.15) is 43.3 Å². The quantitative estimate of drug-likeness (QED) is 0.235. The summed E-state index contributed by atoms with van der Waals surface area (Å²) in [4.78, 5) is 18.0. The highest BCUT2D eigenvalue weighted by molar-refractivity contribution is 9.10. The Labute approximate surface area is 226 Å². The van der Waals surface area contributed by atoms with E-state index >= 15 is 0 Å². The first-order chi connectivity index (χ1) is 17.1. The molecule has 0 N–H and O–H groups in total. The molecule has 0 aliphatic rings. The lowest BCUT2D eigenvalue weighted by molar-refractivity contribution is 0.306. The van der Waals surface area contributed by atoms with Gasteiger partial charge >= 0.3 is 0 Å². The van der Waals surface area contributed by atoms with Crippen molar-refractivity contribution >= 4 is 56.2 Å². The van der Waals surface area contributed by atoms with Gasteiger partial charge in [-0.15, -0.1) is 0 Å². The fraction of sp³-hybridized carbons (Fsp3) is 0.185. The van der Waals surface area contributed by atoms with Crippen molar-refractivity contribution in [2.75, 3.05) is 0 Å². The van der Waals surface area contributed by atoms with E-state index in [0.717, 1.165) is 10.0 Å². The number of fused-ring (bicyclic) bond motifs is 1. The second-order valence-corrected chi connectivity index (χ2v) is 10.8. The number of halogens is 3. The summed E-state index contributed by atoms with van der Waals surface area (Å²) < 4.78 is 7.91. The van der Waals surface area contributed by atoms with Crippen LogP contribution in [-0.4, -0.2) is 15.9 Å². The Bertz CT molecular complexity index is 1580. The van der Waals surface area contributed by atoms with E-state index in [-0.39, 0.29) is 22.2 Å². The van der Waals surface area contributed by atoms with Crippen LogP contribution >= 0.6 is 39.1 Å². The fourth-order valence-corrected chi connectivity index (χ4v) is 4.54. The van der Waals surface area contributed by atoms with Gasteiger partial charge in [-0.3, -0.25) is 4.79 Å². The first-order valence-corrected chi connectivity index (χ1v) is 12.5. The van der Waals surface area contributed by atoms with Crippen LogP contribution in [0.2, 0.25) is 10.0 Å². The molecular formula is C27H21BrCl2N4O2. The minimum Gasteiger partial charge on any atom is -0.486 e. The third-order valence-electron chi connectivity index (χ3n) is 5.33. The maximum absolute atomic E-state index is 13.3. The molecular weight excluding hydrogens is 563 g/mol. The molecule has 0 amide bonds. The van der Waals surface area contributed by atoms with Gasteiger partial charge in [-0.25, -0.2) is 4.98 Å². The second-order valence-electron chi connectivity index (χ2n) is 9.08. The first kappa shape index (κ1) is 25.9. The highest BCUT2D eigenvalue weighted by atomic mass is 79.9. The fourth-order valence-electron chi connectivity index (χ4n) is 3.56. The minimum atomic E-state index is -0.440. The normalized spacial score (nSPS) is 11.7. The Balaban J connectivity index is 1.69. The molecule has 4 aromatic rings. The summed E-state index contributed by atoms with van der Waals surface area (Å²) in [6.07, 6.45) is 1.51. The molecule has 0 fully saturated rings. The van der Waals surface area contributed by atoms with Gasteiger partial charge in [0, 0.05) is 15.5 Å². The van der Waals surface area contributed by atoms with Crippen molar-refractivity contribution in [3.05, 3.63) is 102 Å². The van der Waals surface area contributed by atoms with Crippen LogP contribution in [0.4, 0.5) is 0 Å². The SMILES string of the molecule is CC(C)(C)c1nc2ccc(Br)cc2c(=O)n1N=Cc1cc(Cl)c(OCc2ccccc2C#N)c(Cl)c1. The third kappa shape index (κ3) is 5.46. The van der Waals surface area contributed by atoms with Crippen LogP contribution in [0.15, 0.2) is 69.0 Å². The molecule has 0 radical (unpaired) electrons. The van der Waals surface area contributed by atoms with Gasteiger partial charge in [0.2, 0.25) is 0 Å². The maximum atomic E-state index is 13.3. The lowest BCUT2D eigenvalue weighted by atomic mass is 9.95. The number of nitriles is 1. The van der Waals surface area contributed by atoms with Crippen molar-refractivity contribution in [1.82, 2.24) is 9.66 Å². The second kappa shape index (κ2) is 10.4. The number of nitrogens with zero attached hydrogens (tertiary/aromatic N) is 4. The predicted molar refractivity (Wildman–Crippen MR) is 147 cm³/mol. The van der Waals surface area contributed by atoms with Gasteiger partial charge in [0.25, 0.3) is 5.56 Å². The molecule has 0 bridgehead atoms. The van der Waals surface area contributed by atoms with E-state index in [0.29, 0.717) is 33.6 Å². The van der Waals surface area contributed by atoms with E-state index in [4.69, 9.17) is 32.9 Å². The van der Waals surface area contributed by atoms with Crippen LogP contribution in [-0.2, 0) is 12.0 Å². The summed E-state index contributed by atoms with van der Waals surface area (Å²) in [5.74, 6) is 0.819. The molecule has 3 aromatic carbocycles. The van der Waals surface area contributed by atoms with Gasteiger partial charge in [0.15, 0.2) is 5.75 Å². The molecule has 0 atom stereocenters. The number of hydrogen-bond donors (Lipinski definition) is 0. The molecule has 0 aliphatic heterocycles. The molecule has 36 heavy (non-hydrogen) atoms. The Morgan fingerprint density at radius 2 is 1.83 bits per heavy atom. The summed E-state index contributed by atoms with van der Waals surface area (Å²) in [5.41, 5.74) is 1.70. The smallest absolute Gasteiger partial charge is 0.282 e. The molecule has 182 valence electrons. The largest absolute Gasteiger partial charge is 0.486 e. The summed E-state index contributed by atoms with van der Waals surface area (Å²) in [6, 6.07) is 18.0. The van der Waals surface area contributed by atoms with Gasteiger partial charge in [-0.05, 0) is 42.0 Å². The predicted octanol–water partition coefficient (Wildman–Crippen LogP) is 7.10. The third-order valence-corrected chi connectivity index (χ3v) is 6.39. The van der Waals surface area contributed by atoms with Crippen molar-refractivity contribution in [2.45, 2.75) is 32.8 Å². The van der Waals surface area contributed by atoms with Crippen molar-refractivity contribution in [3.63, 3.8) is 0 Å². The monoisotopic (exact) mass is 582 g/mol. The van der Waals surface area contributed by atoms with Crippen molar-refractivity contribution in [3.8, 4) is 11.8 Å². The van der Waals surface area contributed by atoms with Gasteiger partial charge in [0.05, 0.1) is 38.8 Å². The molecule has 9 heteroatoms. The lowest BCUT2D eigenvalue weighted by Crippen LogP contribution is -2.29. The average Bonchev–Trinajstić information content (AvgIpc) is 2.82. The Kier molecular flexibility index (Phi) is 7.51. The van der Waals surface area contributed by atoms with Crippen LogP contribution < -0.4 is 10.3 Å². The van der Waals surface area contributed by atoms with E-state index in [1.807, 2.05) is 39.0 Å². The van der Waals surface area contributed by atoms with Crippen LogP contribution in [0.3, 0.4) is 0 Å². The standard InChI is InChI=1S/C27H21BrCl2N4O2/c1-27(2,3)26-33-23-9-8-19(28)12-20(23)25(35)34(26)32-14-16-10-21(29)24(22(30)11-16)36-15-18-7-5-4-6-17(18)13-31/h4-12,14H,15H2,1-3H3. The first-order valence-electron chi connectivity index (χ1n) is 11.0. The zero-order valence-corrected chi connectivity index (χ0v) is 22.8. The van der Waals surface area contributed by atoms with E-state index in [2.05, 4.69) is 27.1 Å². The van der Waals surface area contributed by atoms with Gasteiger partial charge in [-0.1, -0.05) is 78.1 Å². The average molecular weight is 584 g/mol. The summed E-state index contributed by atoms with van der Waals surface area (Å²) >= 11 is 16.3. The van der Waals surface area contributed by atoms with E-state index in [1.54, 1.807) is 36.4 Å². The Hall–Kier alpha value is -3.18. The van der Waals surface area contributed by atoms with Crippen LogP contribution in [0, 0.1) is 11.3 Å². The molecule has 0 spiro atoms. The van der Waals surface area contributed by atoms with Crippen molar-refractivity contribution < 1.29 is 4.74 Å². The Morgan fingerprint density at radius 3 is 2.50 bits per heavy atom. The van der Waals surface area contributed by atoms with Crippen LogP contribution in [0.25, 0.3) is 10.9 Å². The number of benzene rings is 3. The van der Waals surface area contributed by atoms with E-state index in [9.17, 15) is 10.1 Å². The van der Waals surface area contributed by atoms with Crippen LogP contribution in [0.5, 0.6) is 5.75 Å². The molecule has 6 nitrogen and oxygen atoms in total. The van der Waals surface area contributed by atoms with E-state index in [1.165, 1.54) is 10.9 Å². The Morgan fingerprint density at radius 1 is 1.14 bits per heavy atom. The van der Waals surface area contributed by atoms with Crippen molar-refractivity contribution in [1.29, 1.82) is 5.26 Å². The molecule has 0 saturated heterocycles. The lowest BCUT2D eigenvalue weighted by Gasteiger charge is -2.20. The molecule has 0 saturated carbocycles. The minimum absolute atomic E-state index is 0.138. The maximum Gasteiger partial charge on any atom is 0.282 e. The number of aromatic nitrogens is 2. The highest BCUT2D eigenvalue weighted by Gasteiger charge is 2.23. The van der Waals surface area contributed by atoms with Gasteiger partial charge in [-0.2, -0.15) is 15.0 Å². The molecule has 1 aromatic heterocycles. The zero-order chi connectivity index (χ0) is 26.0. The van der Waals surface area contributed by atoms with Gasteiger partial charge in [0.1, 0.15) is 12.4 Å². The molecule has 0 unspecified atom stereocenters. The number of ether oxygens (including phenoxy) is 1.